The Bertz CT molecular complexity index is 180. The lowest BCUT2D eigenvalue weighted by Gasteiger charge is -2.10. The summed E-state index contributed by atoms with van der Waals surface area (Å²) in [6.07, 6.45) is 6.42. The summed E-state index contributed by atoms with van der Waals surface area (Å²) in [5.41, 5.74) is 1.19. The Morgan fingerprint density at radius 3 is 2.18 bits per heavy atom. The molecule has 0 bridgehead atoms. The van der Waals surface area contributed by atoms with Crippen LogP contribution < -0.4 is 0 Å². The highest BCUT2D eigenvalue weighted by Crippen LogP contribution is 2.15. The van der Waals surface area contributed by atoms with Crippen LogP contribution in [0.1, 0.15) is 27.7 Å². The molecule has 0 radical (unpaired) electrons. The minimum Gasteiger partial charge on any atom is -0.299 e. The second-order valence-electron chi connectivity index (χ2n) is 3.75. The molecule has 1 heteroatoms. The van der Waals surface area contributed by atoms with Crippen molar-refractivity contribution in [2.45, 2.75) is 27.7 Å². The van der Waals surface area contributed by atoms with E-state index in [2.05, 4.69) is 26.8 Å². The van der Waals surface area contributed by atoms with Gasteiger partial charge >= 0.3 is 0 Å². The van der Waals surface area contributed by atoms with Gasteiger partial charge in [-0.05, 0) is 24.0 Å². The Labute approximate surface area is 68.8 Å². The van der Waals surface area contributed by atoms with Crippen LogP contribution in [0.3, 0.4) is 0 Å². The van der Waals surface area contributed by atoms with E-state index in [1.54, 1.807) is 6.08 Å². The summed E-state index contributed by atoms with van der Waals surface area (Å²) in [7, 11) is 0. The van der Waals surface area contributed by atoms with E-state index >= 15 is 0 Å². The molecule has 0 spiro atoms. The molecule has 0 aromatic carbocycles. The van der Waals surface area contributed by atoms with Crippen molar-refractivity contribution in [3.8, 4) is 0 Å². The minimum atomic E-state index is 0.192. The normalized spacial score (nSPS) is 14.0. The number of allylic oxidation sites excluding steroid dienone is 4. The SMILES string of the molecule is CC(C=CC(C)(C)C)=CC=O. The first kappa shape index (κ1) is 10.2. The van der Waals surface area contributed by atoms with E-state index in [1.165, 1.54) is 0 Å². The molecular formula is C10H16O. The summed E-state index contributed by atoms with van der Waals surface area (Å²) in [6.45, 7) is 8.28. The lowest BCUT2D eigenvalue weighted by atomic mass is 9.95. The van der Waals surface area contributed by atoms with E-state index in [1.807, 2.05) is 13.0 Å². The van der Waals surface area contributed by atoms with Gasteiger partial charge in [0.25, 0.3) is 0 Å². The highest BCUT2D eigenvalue weighted by molar-refractivity contribution is 5.66. The van der Waals surface area contributed by atoms with Gasteiger partial charge < -0.3 is 0 Å². The van der Waals surface area contributed by atoms with Crippen LogP contribution in [-0.4, -0.2) is 6.29 Å². The third-order valence-corrected chi connectivity index (χ3v) is 1.18. The van der Waals surface area contributed by atoms with Crippen molar-refractivity contribution >= 4 is 6.29 Å². The van der Waals surface area contributed by atoms with Crippen LogP contribution >= 0.6 is 0 Å². The predicted octanol–water partition coefficient (Wildman–Crippen LogP) is 2.73. The maximum Gasteiger partial charge on any atom is 0.143 e. The Morgan fingerprint density at radius 2 is 1.82 bits per heavy atom. The molecular weight excluding hydrogens is 136 g/mol. The molecule has 1 nitrogen and oxygen atoms in total. The molecule has 0 rings (SSSR count). The molecule has 0 unspecified atom stereocenters. The van der Waals surface area contributed by atoms with E-state index < -0.39 is 0 Å². The first-order chi connectivity index (χ1) is 4.95. The molecule has 0 N–H and O–H groups in total. The zero-order valence-electron chi connectivity index (χ0n) is 7.72. The number of carbonyl (C=O) groups is 1. The smallest absolute Gasteiger partial charge is 0.143 e. The summed E-state index contributed by atoms with van der Waals surface area (Å²) in [6, 6.07) is 0. The number of hydrogen-bond acceptors (Lipinski definition) is 1. The fourth-order valence-electron chi connectivity index (χ4n) is 0.544. The van der Waals surface area contributed by atoms with Crippen molar-refractivity contribution in [3.63, 3.8) is 0 Å². The standard InChI is InChI=1S/C10H16O/c1-9(6-8-11)5-7-10(2,3)4/h5-8H,1-4H3. The maximum atomic E-state index is 10.0. The van der Waals surface area contributed by atoms with Crippen LogP contribution in [0.5, 0.6) is 0 Å². The molecule has 0 heterocycles. The molecule has 0 aromatic rings. The molecule has 0 amide bonds. The van der Waals surface area contributed by atoms with Gasteiger partial charge in [0.05, 0.1) is 0 Å². The first-order valence-corrected chi connectivity index (χ1v) is 3.77. The molecule has 0 saturated carbocycles. The summed E-state index contributed by atoms with van der Waals surface area (Å²) in [5.74, 6) is 0. The quantitative estimate of drug-likeness (QED) is 0.338. The summed E-state index contributed by atoms with van der Waals surface area (Å²) >= 11 is 0. The average molecular weight is 152 g/mol. The van der Waals surface area contributed by atoms with Crippen LogP contribution in [0.25, 0.3) is 0 Å². The highest BCUT2D eigenvalue weighted by Gasteiger charge is 2.02. The van der Waals surface area contributed by atoms with Crippen molar-refractivity contribution < 1.29 is 4.79 Å². The van der Waals surface area contributed by atoms with Gasteiger partial charge in [0.1, 0.15) is 6.29 Å². The molecule has 0 atom stereocenters. The van der Waals surface area contributed by atoms with Crippen molar-refractivity contribution in [2.24, 2.45) is 5.41 Å². The molecule has 0 saturated heterocycles. The van der Waals surface area contributed by atoms with Crippen LogP contribution in [-0.2, 0) is 4.79 Å². The van der Waals surface area contributed by atoms with Crippen LogP contribution in [0.15, 0.2) is 23.8 Å². The van der Waals surface area contributed by atoms with Gasteiger partial charge in [-0.2, -0.15) is 0 Å². The highest BCUT2D eigenvalue weighted by atomic mass is 16.1. The van der Waals surface area contributed by atoms with Gasteiger partial charge in [-0.25, -0.2) is 0 Å². The van der Waals surface area contributed by atoms with Crippen LogP contribution in [0, 0.1) is 5.41 Å². The summed E-state index contributed by atoms with van der Waals surface area (Å²) in [4.78, 5) is 10.0. The number of aldehydes is 1. The Hall–Kier alpha value is -0.850. The van der Waals surface area contributed by atoms with Gasteiger partial charge in [-0.1, -0.05) is 32.9 Å². The zero-order valence-corrected chi connectivity index (χ0v) is 7.72. The van der Waals surface area contributed by atoms with Gasteiger partial charge in [-0.15, -0.1) is 0 Å². The van der Waals surface area contributed by atoms with Crippen molar-refractivity contribution in [2.75, 3.05) is 0 Å². The van der Waals surface area contributed by atoms with Gasteiger partial charge in [0.15, 0.2) is 0 Å². The molecule has 0 aromatic heterocycles. The predicted molar refractivity (Wildman–Crippen MR) is 48.4 cm³/mol. The second-order valence-corrected chi connectivity index (χ2v) is 3.75. The topological polar surface area (TPSA) is 17.1 Å². The molecule has 11 heavy (non-hydrogen) atoms. The van der Waals surface area contributed by atoms with E-state index in [0.717, 1.165) is 11.9 Å². The van der Waals surface area contributed by atoms with E-state index in [-0.39, 0.29) is 5.41 Å². The van der Waals surface area contributed by atoms with Gasteiger partial charge in [0, 0.05) is 0 Å². The van der Waals surface area contributed by atoms with Crippen LogP contribution in [0.2, 0.25) is 0 Å². The molecule has 62 valence electrons. The Kier molecular flexibility index (Phi) is 3.80. The van der Waals surface area contributed by atoms with Gasteiger partial charge in [0.2, 0.25) is 0 Å². The Balaban J connectivity index is 4.14. The molecule has 0 fully saturated rings. The number of rotatable bonds is 2. The third kappa shape index (κ3) is 7.04. The van der Waals surface area contributed by atoms with Crippen molar-refractivity contribution in [3.05, 3.63) is 23.8 Å². The van der Waals surface area contributed by atoms with Gasteiger partial charge in [-0.3, -0.25) is 4.79 Å². The van der Waals surface area contributed by atoms with Crippen molar-refractivity contribution in [1.29, 1.82) is 0 Å². The second kappa shape index (κ2) is 4.12. The molecule has 0 aliphatic rings. The monoisotopic (exact) mass is 152 g/mol. The van der Waals surface area contributed by atoms with E-state index in [9.17, 15) is 4.79 Å². The third-order valence-electron chi connectivity index (χ3n) is 1.18. The lowest BCUT2D eigenvalue weighted by Crippen LogP contribution is -1.98. The minimum absolute atomic E-state index is 0.192. The summed E-state index contributed by atoms with van der Waals surface area (Å²) in [5, 5.41) is 0. The number of carbonyl (C=O) groups excluding carboxylic acids is 1. The average Bonchev–Trinajstić information content (AvgIpc) is 1.83. The van der Waals surface area contributed by atoms with Crippen molar-refractivity contribution in [1.82, 2.24) is 0 Å². The number of hydrogen-bond donors (Lipinski definition) is 0. The Morgan fingerprint density at radius 1 is 1.27 bits per heavy atom. The summed E-state index contributed by atoms with van der Waals surface area (Å²) < 4.78 is 0. The molecule has 0 aliphatic heterocycles. The molecule has 0 aliphatic carbocycles. The lowest BCUT2D eigenvalue weighted by molar-refractivity contribution is -0.104. The zero-order chi connectivity index (χ0) is 8.91. The fraction of sp³-hybridized carbons (Fsp3) is 0.500. The largest absolute Gasteiger partial charge is 0.299 e. The maximum absolute atomic E-state index is 10.0. The van der Waals surface area contributed by atoms with Crippen LogP contribution in [0.4, 0.5) is 0 Å². The van der Waals surface area contributed by atoms with E-state index in [4.69, 9.17) is 0 Å². The van der Waals surface area contributed by atoms with E-state index in [0.29, 0.717) is 0 Å². The first-order valence-electron chi connectivity index (χ1n) is 3.77. The fourth-order valence-corrected chi connectivity index (χ4v) is 0.544.